The third-order valence-electron chi connectivity index (χ3n) is 5.82. The number of carbonyl (C=O) groups excluding carboxylic acids is 3. The first-order chi connectivity index (χ1) is 17.2. The van der Waals surface area contributed by atoms with Crippen LogP contribution >= 0.6 is 0 Å². The van der Waals surface area contributed by atoms with Gasteiger partial charge in [0.1, 0.15) is 11.5 Å². The Kier molecular flexibility index (Phi) is 6.69. The van der Waals surface area contributed by atoms with E-state index in [1.165, 1.54) is 14.2 Å². The van der Waals surface area contributed by atoms with Crippen LogP contribution in [0.3, 0.4) is 0 Å². The van der Waals surface area contributed by atoms with Crippen LogP contribution in [0.1, 0.15) is 31.8 Å². The Morgan fingerprint density at radius 1 is 0.944 bits per heavy atom. The van der Waals surface area contributed by atoms with Crippen LogP contribution in [-0.4, -0.2) is 53.6 Å². The maximum Gasteiger partial charge on any atom is 0.412 e. The number of nitrogens with one attached hydrogen (secondary N) is 1. The van der Waals surface area contributed by atoms with Crippen molar-refractivity contribution in [2.24, 2.45) is 0 Å². The predicted molar refractivity (Wildman–Crippen MR) is 134 cm³/mol. The largest absolute Gasteiger partial charge is 0.465 e. The van der Waals surface area contributed by atoms with Gasteiger partial charge in [-0.05, 0) is 61.4 Å². The third-order valence-corrected chi connectivity index (χ3v) is 5.82. The van der Waals surface area contributed by atoms with Gasteiger partial charge in [0, 0.05) is 30.6 Å². The van der Waals surface area contributed by atoms with Crippen LogP contribution in [-0.2, 0) is 9.47 Å². The zero-order valence-corrected chi connectivity index (χ0v) is 20.5. The number of imidazole rings is 1. The number of pyridine rings is 2. The molecule has 10 heteroatoms. The number of ether oxygens (including phenoxy) is 2. The fourth-order valence-electron chi connectivity index (χ4n) is 3.86. The summed E-state index contributed by atoms with van der Waals surface area (Å²) in [4.78, 5) is 46.9. The molecule has 4 aromatic rings. The maximum absolute atomic E-state index is 13.3. The number of aromatic nitrogens is 3. The lowest BCUT2D eigenvalue weighted by atomic mass is 10.0. The summed E-state index contributed by atoms with van der Waals surface area (Å²) in [6, 6.07) is 10.2. The number of hydrogen-bond donors (Lipinski definition) is 1. The van der Waals surface area contributed by atoms with Gasteiger partial charge >= 0.3 is 12.1 Å². The fourth-order valence-corrected chi connectivity index (χ4v) is 3.86. The van der Waals surface area contributed by atoms with Crippen LogP contribution in [0.4, 0.5) is 16.3 Å². The molecule has 1 aromatic carbocycles. The van der Waals surface area contributed by atoms with E-state index >= 15 is 0 Å². The van der Waals surface area contributed by atoms with E-state index in [1.807, 2.05) is 29.7 Å². The minimum absolute atomic E-state index is 0.227. The van der Waals surface area contributed by atoms with Gasteiger partial charge in [0.05, 0.1) is 37.4 Å². The molecular formula is C26H25N5O5. The molecule has 0 saturated carbocycles. The second-order valence-corrected chi connectivity index (χ2v) is 8.15. The summed E-state index contributed by atoms with van der Waals surface area (Å²) in [5.74, 6) is -0.317. The highest BCUT2D eigenvalue weighted by Crippen LogP contribution is 2.27. The number of aryl methyl sites for hydroxylation is 2. The van der Waals surface area contributed by atoms with Crippen molar-refractivity contribution in [1.82, 2.24) is 14.4 Å². The van der Waals surface area contributed by atoms with E-state index < -0.39 is 12.1 Å². The monoisotopic (exact) mass is 487 g/mol. The van der Waals surface area contributed by atoms with Gasteiger partial charge < -0.3 is 14.4 Å². The number of methoxy groups -OCH3 is 2. The van der Waals surface area contributed by atoms with Crippen LogP contribution in [0.5, 0.6) is 0 Å². The Morgan fingerprint density at radius 3 is 2.36 bits per heavy atom. The molecule has 1 N–H and O–H groups in total. The van der Waals surface area contributed by atoms with Gasteiger partial charge in [-0.2, -0.15) is 0 Å². The smallest absolute Gasteiger partial charge is 0.412 e. The standard InChI is InChI=1S/C26H25N5O5/c1-15-10-17(6-8-20(15)25(33)35-4)24(32)30(3)19-11-16(2)23-28-13-21(31(23)14-19)18-7-9-22(27-12-18)29-26(34)36-5/h6-14H,1-5H3,(H,27,29,34). The van der Waals surface area contributed by atoms with Crippen molar-refractivity contribution < 1.29 is 23.9 Å². The lowest BCUT2D eigenvalue weighted by molar-refractivity contribution is 0.0599. The SMILES string of the molecule is COC(=O)Nc1ccc(-c2cnc3c(C)cc(N(C)C(=O)c4ccc(C(=O)OC)c(C)c4)cn23)cn1. The van der Waals surface area contributed by atoms with Crippen LogP contribution in [0.2, 0.25) is 0 Å². The molecular weight excluding hydrogens is 462 g/mol. The van der Waals surface area contributed by atoms with Crippen LogP contribution in [0, 0.1) is 13.8 Å². The van der Waals surface area contributed by atoms with Gasteiger partial charge in [0.25, 0.3) is 5.91 Å². The molecule has 2 amide bonds. The van der Waals surface area contributed by atoms with Crippen molar-refractivity contribution in [1.29, 1.82) is 0 Å². The predicted octanol–water partition coefficient (Wildman–Crippen LogP) is 4.25. The minimum atomic E-state index is -0.604. The molecule has 36 heavy (non-hydrogen) atoms. The van der Waals surface area contributed by atoms with Gasteiger partial charge in [-0.1, -0.05) is 0 Å². The van der Waals surface area contributed by atoms with Crippen LogP contribution in [0.15, 0.2) is 55.0 Å². The highest BCUT2D eigenvalue weighted by molar-refractivity contribution is 6.06. The van der Waals surface area contributed by atoms with Crippen molar-refractivity contribution in [3.05, 3.63) is 77.2 Å². The average molecular weight is 488 g/mol. The first-order valence-electron chi connectivity index (χ1n) is 11.0. The first-order valence-corrected chi connectivity index (χ1v) is 11.0. The Labute approximate surface area is 207 Å². The average Bonchev–Trinajstić information content (AvgIpc) is 3.32. The number of hydrogen-bond acceptors (Lipinski definition) is 7. The summed E-state index contributed by atoms with van der Waals surface area (Å²) >= 11 is 0. The van der Waals surface area contributed by atoms with Gasteiger partial charge in [0.2, 0.25) is 0 Å². The number of nitrogens with zero attached hydrogens (tertiary/aromatic N) is 4. The van der Waals surface area contributed by atoms with Crippen molar-refractivity contribution in [3.8, 4) is 11.3 Å². The molecule has 0 spiro atoms. The Hall–Kier alpha value is -4.73. The fraction of sp³-hybridized carbons (Fsp3) is 0.192. The van der Waals surface area contributed by atoms with Gasteiger partial charge in [-0.3, -0.25) is 14.5 Å². The number of fused-ring (bicyclic) bond motifs is 1. The molecule has 0 radical (unpaired) electrons. The number of benzene rings is 1. The number of amides is 2. The normalized spacial score (nSPS) is 10.7. The molecule has 0 saturated heterocycles. The van der Waals surface area contributed by atoms with Gasteiger partial charge in [-0.15, -0.1) is 0 Å². The molecule has 4 rings (SSSR count). The molecule has 0 atom stereocenters. The molecule has 0 bridgehead atoms. The summed E-state index contributed by atoms with van der Waals surface area (Å²) in [6.07, 6.45) is 4.58. The molecule has 0 unspecified atom stereocenters. The second kappa shape index (κ2) is 9.87. The first kappa shape index (κ1) is 24.4. The topological polar surface area (TPSA) is 115 Å². The molecule has 184 valence electrons. The number of anilines is 2. The molecule has 0 aliphatic heterocycles. The lowest BCUT2D eigenvalue weighted by Gasteiger charge is -2.19. The minimum Gasteiger partial charge on any atom is -0.465 e. The summed E-state index contributed by atoms with van der Waals surface area (Å²) < 4.78 is 11.3. The molecule has 0 aliphatic carbocycles. The third kappa shape index (κ3) is 4.61. The zero-order valence-electron chi connectivity index (χ0n) is 20.5. The quantitative estimate of drug-likeness (QED) is 0.418. The van der Waals surface area contributed by atoms with Crippen molar-refractivity contribution in [3.63, 3.8) is 0 Å². The van der Waals surface area contributed by atoms with E-state index in [2.05, 4.69) is 20.0 Å². The zero-order chi connectivity index (χ0) is 26.0. The van der Waals surface area contributed by atoms with Crippen LogP contribution < -0.4 is 10.2 Å². The van der Waals surface area contributed by atoms with Crippen molar-refractivity contribution in [2.45, 2.75) is 13.8 Å². The van der Waals surface area contributed by atoms with Crippen molar-refractivity contribution in [2.75, 3.05) is 31.5 Å². The summed E-state index contributed by atoms with van der Waals surface area (Å²) in [6.45, 7) is 3.68. The Morgan fingerprint density at radius 2 is 1.72 bits per heavy atom. The van der Waals surface area contributed by atoms with E-state index in [-0.39, 0.29) is 5.91 Å². The Balaban J connectivity index is 1.66. The number of esters is 1. The summed E-state index contributed by atoms with van der Waals surface area (Å²) in [7, 11) is 4.29. The maximum atomic E-state index is 13.3. The van der Waals surface area contributed by atoms with E-state index in [9.17, 15) is 14.4 Å². The number of carbonyl (C=O) groups is 3. The summed E-state index contributed by atoms with van der Waals surface area (Å²) in [5, 5.41) is 2.51. The lowest BCUT2D eigenvalue weighted by Crippen LogP contribution is -2.27. The van der Waals surface area contributed by atoms with E-state index in [0.717, 1.165) is 22.5 Å². The molecule has 10 nitrogen and oxygen atoms in total. The summed E-state index contributed by atoms with van der Waals surface area (Å²) in [5.41, 5.74) is 5.35. The highest BCUT2D eigenvalue weighted by Gasteiger charge is 2.19. The van der Waals surface area contributed by atoms with Crippen molar-refractivity contribution >= 4 is 35.1 Å². The van der Waals surface area contributed by atoms with E-state index in [1.54, 1.807) is 55.5 Å². The number of rotatable bonds is 5. The Bertz CT molecular complexity index is 1480. The van der Waals surface area contributed by atoms with Crippen LogP contribution in [0.25, 0.3) is 16.9 Å². The van der Waals surface area contributed by atoms with Gasteiger partial charge in [0.15, 0.2) is 0 Å². The van der Waals surface area contributed by atoms with E-state index in [4.69, 9.17) is 4.74 Å². The second-order valence-electron chi connectivity index (χ2n) is 8.15. The molecule has 0 fully saturated rings. The van der Waals surface area contributed by atoms with Gasteiger partial charge in [-0.25, -0.2) is 19.6 Å². The molecule has 3 aromatic heterocycles. The molecule has 0 aliphatic rings. The highest BCUT2D eigenvalue weighted by atomic mass is 16.5. The van der Waals surface area contributed by atoms with E-state index in [0.29, 0.717) is 28.2 Å². The molecule has 3 heterocycles.